The third-order valence-electron chi connectivity index (χ3n) is 2.67. The average molecular weight is 315 g/mol. The molecule has 0 bridgehead atoms. The maximum Gasteiger partial charge on any atom is 0.126 e. The van der Waals surface area contributed by atoms with Crippen LogP contribution >= 0.6 is 15.9 Å². The number of ether oxygens (including phenoxy) is 1. The topological polar surface area (TPSA) is 9.23 Å². The van der Waals surface area contributed by atoms with E-state index in [9.17, 15) is 0 Å². The van der Waals surface area contributed by atoms with Crippen LogP contribution in [0.1, 0.15) is 11.1 Å². The van der Waals surface area contributed by atoms with Gasteiger partial charge >= 0.3 is 0 Å². The molecule has 1 nitrogen and oxygen atoms in total. The van der Waals surface area contributed by atoms with E-state index in [1.54, 1.807) is 7.11 Å². The molecule has 0 saturated carbocycles. The highest BCUT2D eigenvalue weighted by atomic mass is 79.9. The normalized spacial score (nSPS) is 11.8. The van der Waals surface area contributed by atoms with Crippen LogP contribution in [-0.2, 0) is 0 Å². The number of allylic oxidation sites excluding steroid dienone is 2. The number of methoxy groups -OCH3 is 1. The van der Waals surface area contributed by atoms with Gasteiger partial charge in [0.1, 0.15) is 5.75 Å². The summed E-state index contributed by atoms with van der Waals surface area (Å²) in [4.78, 5) is 0. The largest absolute Gasteiger partial charge is 0.496 e. The molecule has 0 fully saturated rings. The molecule has 0 spiro atoms. The third kappa shape index (κ3) is 4.11. The summed E-state index contributed by atoms with van der Waals surface area (Å²) in [6.45, 7) is 0. The van der Waals surface area contributed by atoms with Crippen LogP contribution in [-0.4, -0.2) is 7.11 Å². The van der Waals surface area contributed by atoms with Gasteiger partial charge in [-0.05, 0) is 23.8 Å². The minimum absolute atomic E-state index is 0.868. The van der Waals surface area contributed by atoms with Crippen LogP contribution in [0.2, 0.25) is 0 Å². The van der Waals surface area contributed by atoms with E-state index < -0.39 is 0 Å². The summed E-state index contributed by atoms with van der Waals surface area (Å²) >= 11 is 3.55. The summed E-state index contributed by atoms with van der Waals surface area (Å²) < 4.78 is 6.32. The van der Waals surface area contributed by atoms with Gasteiger partial charge in [-0.2, -0.15) is 0 Å². The molecule has 0 N–H and O–H groups in total. The lowest BCUT2D eigenvalue weighted by molar-refractivity contribution is 0.414. The van der Waals surface area contributed by atoms with Gasteiger partial charge in [0.05, 0.1) is 7.11 Å². The van der Waals surface area contributed by atoms with E-state index in [1.165, 1.54) is 5.56 Å². The van der Waals surface area contributed by atoms with Gasteiger partial charge in [-0.25, -0.2) is 0 Å². The summed E-state index contributed by atoms with van der Waals surface area (Å²) in [6.07, 6.45) is 6.13. The second-order valence-electron chi connectivity index (χ2n) is 4.02. The summed E-state index contributed by atoms with van der Waals surface area (Å²) in [5.41, 5.74) is 2.22. The first-order valence-corrected chi connectivity index (χ1v) is 6.82. The van der Waals surface area contributed by atoms with Crippen molar-refractivity contribution in [1.29, 1.82) is 0 Å². The highest BCUT2D eigenvalue weighted by Crippen LogP contribution is 2.23. The highest BCUT2D eigenvalue weighted by Gasteiger charge is 1.98. The molecule has 0 aromatic heterocycles. The molecule has 0 unspecified atom stereocenters. The molecule has 0 heterocycles. The Bertz CT molecular complexity index is 585. The Morgan fingerprint density at radius 1 is 1.00 bits per heavy atom. The molecule has 19 heavy (non-hydrogen) atoms. The van der Waals surface area contributed by atoms with E-state index in [1.807, 2.05) is 54.6 Å². The van der Waals surface area contributed by atoms with Crippen molar-refractivity contribution in [2.45, 2.75) is 0 Å². The van der Waals surface area contributed by atoms with Crippen molar-refractivity contribution in [3.8, 4) is 5.75 Å². The fourth-order valence-electron chi connectivity index (χ4n) is 1.72. The zero-order chi connectivity index (χ0) is 13.5. The maximum atomic E-state index is 5.32. The van der Waals surface area contributed by atoms with Gasteiger partial charge in [-0.1, -0.05) is 70.5 Å². The van der Waals surface area contributed by atoms with Crippen LogP contribution in [0.15, 0.2) is 65.2 Å². The minimum Gasteiger partial charge on any atom is -0.496 e. The van der Waals surface area contributed by atoms with Crippen molar-refractivity contribution in [3.05, 3.63) is 76.3 Å². The Morgan fingerprint density at radius 3 is 2.42 bits per heavy atom. The van der Waals surface area contributed by atoms with Gasteiger partial charge < -0.3 is 4.74 Å². The zero-order valence-corrected chi connectivity index (χ0v) is 12.3. The van der Waals surface area contributed by atoms with E-state index >= 15 is 0 Å². The molecule has 0 amide bonds. The molecule has 0 atom stereocenters. The third-order valence-corrected chi connectivity index (χ3v) is 3.16. The van der Waals surface area contributed by atoms with Crippen LogP contribution in [0, 0.1) is 0 Å². The molecule has 2 aromatic carbocycles. The van der Waals surface area contributed by atoms with E-state index in [4.69, 9.17) is 4.74 Å². The van der Waals surface area contributed by atoms with Gasteiger partial charge in [0.25, 0.3) is 0 Å². The predicted octanol–water partition coefficient (Wildman–Crippen LogP) is 5.14. The molecule has 2 aromatic rings. The molecular weight excluding hydrogens is 300 g/mol. The molecule has 2 heteroatoms. The molecule has 0 saturated heterocycles. The first-order chi connectivity index (χ1) is 9.29. The smallest absolute Gasteiger partial charge is 0.126 e. The Labute approximate surface area is 122 Å². The first-order valence-electron chi connectivity index (χ1n) is 6.03. The molecule has 0 aliphatic rings. The number of rotatable bonds is 4. The number of hydrogen-bond acceptors (Lipinski definition) is 1. The van der Waals surface area contributed by atoms with Gasteiger partial charge in [-0.15, -0.1) is 0 Å². The Kier molecular flexibility index (Phi) is 4.99. The van der Waals surface area contributed by atoms with E-state index in [2.05, 4.69) is 34.1 Å². The van der Waals surface area contributed by atoms with E-state index in [0.717, 1.165) is 15.8 Å². The van der Waals surface area contributed by atoms with Crippen LogP contribution in [0.5, 0.6) is 5.75 Å². The average Bonchev–Trinajstić information content (AvgIpc) is 2.47. The minimum atomic E-state index is 0.868. The Morgan fingerprint density at radius 2 is 1.68 bits per heavy atom. The fraction of sp³-hybridized carbons (Fsp3) is 0.0588. The second-order valence-corrected chi connectivity index (χ2v) is 4.93. The van der Waals surface area contributed by atoms with Crippen LogP contribution in [0.4, 0.5) is 0 Å². The Hall–Kier alpha value is -1.80. The standard InChI is InChI=1S/C17H15BrO/c1-19-17-10-6-5-9-15(17)13-16(18)12-11-14-7-3-2-4-8-14/h2-13H,1H3/b12-11+,16-13-. The second kappa shape index (κ2) is 6.95. The molecule has 0 aliphatic heterocycles. The lowest BCUT2D eigenvalue weighted by atomic mass is 10.1. The summed E-state index contributed by atoms with van der Waals surface area (Å²) in [7, 11) is 1.68. The van der Waals surface area contributed by atoms with Crippen molar-refractivity contribution in [1.82, 2.24) is 0 Å². The van der Waals surface area contributed by atoms with Gasteiger partial charge in [0, 0.05) is 10.0 Å². The molecule has 0 aliphatic carbocycles. The van der Waals surface area contributed by atoms with Gasteiger partial charge in [0.2, 0.25) is 0 Å². The lowest BCUT2D eigenvalue weighted by Gasteiger charge is -2.03. The van der Waals surface area contributed by atoms with Gasteiger partial charge in [-0.3, -0.25) is 0 Å². The maximum absolute atomic E-state index is 5.32. The number of para-hydroxylation sites is 1. The summed E-state index contributed by atoms with van der Waals surface area (Å²) in [5, 5.41) is 0. The van der Waals surface area contributed by atoms with E-state index in [0.29, 0.717) is 0 Å². The number of hydrogen-bond donors (Lipinski definition) is 0. The van der Waals surface area contributed by atoms with Crippen molar-refractivity contribution in [2.24, 2.45) is 0 Å². The molecular formula is C17H15BrO. The first kappa shape index (κ1) is 13.6. The molecule has 0 radical (unpaired) electrons. The fourth-order valence-corrected chi connectivity index (χ4v) is 2.10. The van der Waals surface area contributed by atoms with Crippen LogP contribution in [0.25, 0.3) is 12.2 Å². The highest BCUT2D eigenvalue weighted by molar-refractivity contribution is 9.12. The van der Waals surface area contributed by atoms with Crippen molar-refractivity contribution in [3.63, 3.8) is 0 Å². The quantitative estimate of drug-likeness (QED) is 0.710. The van der Waals surface area contributed by atoms with Crippen molar-refractivity contribution in [2.75, 3.05) is 7.11 Å². The van der Waals surface area contributed by atoms with Gasteiger partial charge in [0.15, 0.2) is 0 Å². The lowest BCUT2D eigenvalue weighted by Crippen LogP contribution is -1.85. The SMILES string of the molecule is COc1ccccc1/C=C(Br)/C=C/c1ccccc1. The number of benzene rings is 2. The zero-order valence-electron chi connectivity index (χ0n) is 10.7. The van der Waals surface area contributed by atoms with Crippen LogP contribution < -0.4 is 4.74 Å². The van der Waals surface area contributed by atoms with Crippen molar-refractivity contribution >= 4 is 28.1 Å². The summed E-state index contributed by atoms with van der Waals surface area (Å²) in [5.74, 6) is 0.868. The number of halogens is 1. The Balaban J connectivity index is 2.17. The monoisotopic (exact) mass is 314 g/mol. The summed E-state index contributed by atoms with van der Waals surface area (Å²) in [6, 6.07) is 18.1. The molecule has 2 rings (SSSR count). The van der Waals surface area contributed by atoms with Crippen LogP contribution in [0.3, 0.4) is 0 Å². The predicted molar refractivity (Wildman–Crippen MR) is 85.4 cm³/mol. The van der Waals surface area contributed by atoms with E-state index in [-0.39, 0.29) is 0 Å². The molecule has 96 valence electrons. The van der Waals surface area contributed by atoms with Crippen molar-refractivity contribution < 1.29 is 4.74 Å².